The highest BCUT2D eigenvalue weighted by Crippen LogP contribution is 2.24. The molecule has 1 heterocycles. The van der Waals surface area contributed by atoms with Crippen molar-refractivity contribution in [2.24, 2.45) is 0 Å². The summed E-state index contributed by atoms with van der Waals surface area (Å²) in [6, 6.07) is 12.5. The van der Waals surface area contributed by atoms with E-state index in [1.807, 2.05) is 19.9 Å². The van der Waals surface area contributed by atoms with E-state index in [1.54, 1.807) is 29.8 Å². The summed E-state index contributed by atoms with van der Waals surface area (Å²) in [7, 11) is -3.99. The van der Waals surface area contributed by atoms with Crippen molar-refractivity contribution in [2.45, 2.75) is 27.3 Å². The van der Waals surface area contributed by atoms with Gasteiger partial charge in [0.15, 0.2) is 0 Å². The smallest absolute Gasteiger partial charge is 0.338 e. The summed E-state index contributed by atoms with van der Waals surface area (Å²) in [6.45, 7) is 6.09. The number of ether oxygens (including phenoxy) is 1. The number of hydrogen-bond donors (Lipinski definition) is 0. The number of esters is 1. The third-order valence-electron chi connectivity index (χ3n) is 4.91. The topological polar surface area (TPSA) is 98.6 Å². The molecule has 0 spiro atoms. The number of carbonyl (C=O) groups is 2. The van der Waals surface area contributed by atoms with Crippen molar-refractivity contribution < 1.29 is 22.7 Å². The molecule has 0 atom stereocenters. The van der Waals surface area contributed by atoms with Crippen LogP contribution >= 0.6 is 15.9 Å². The molecule has 0 radical (unpaired) electrons. The minimum atomic E-state index is -3.99. The van der Waals surface area contributed by atoms with Crippen LogP contribution in [0.4, 0.5) is 5.69 Å². The number of carbonyl (C=O) groups excluding carboxylic acids is 2. The van der Waals surface area contributed by atoms with Gasteiger partial charge >= 0.3 is 5.97 Å². The molecule has 0 saturated heterocycles. The van der Waals surface area contributed by atoms with Crippen LogP contribution in [-0.4, -0.2) is 42.9 Å². The first-order valence-electron chi connectivity index (χ1n) is 10.1. The minimum absolute atomic E-state index is 0.0564. The fraction of sp³-hybridized carbons (Fsp3) is 0.261. The highest BCUT2D eigenvalue weighted by atomic mass is 79.9. The second-order valence-corrected chi connectivity index (χ2v) is 10.1. The van der Waals surface area contributed by atoms with Gasteiger partial charge in [0.2, 0.25) is 10.0 Å². The van der Waals surface area contributed by atoms with Crippen LogP contribution in [0.5, 0.6) is 0 Å². The third kappa shape index (κ3) is 5.51. The van der Waals surface area contributed by atoms with Gasteiger partial charge in [-0.3, -0.25) is 9.48 Å². The molecule has 0 fully saturated rings. The molecule has 3 aromatic rings. The van der Waals surface area contributed by atoms with E-state index < -0.39 is 21.9 Å². The average Bonchev–Trinajstić information content (AvgIpc) is 3.00. The molecule has 3 rings (SSSR count). The molecular weight excluding hydrogens is 510 g/mol. The monoisotopic (exact) mass is 533 g/mol. The number of nitrogens with zero attached hydrogens (tertiary/aromatic N) is 3. The number of benzene rings is 2. The number of aryl methyl sites for hydroxylation is 1. The Morgan fingerprint density at radius 3 is 2.36 bits per heavy atom. The molecule has 33 heavy (non-hydrogen) atoms. The third-order valence-corrected chi connectivity index (χ3v) is 7.09. The van der Waals surface area contributed by atoms with E-state index in [9.17, 15) is 18.0 Å². The summed E-state index contributed by atoms with van der Waals surface area (Å²) < 4.78 is 33.6. The number of anilines is 1. The minimum Gasteiger partial charge on any atom is -0.462 e. The first-order valence-corrected chi connectivity index (χ1v) is 12.8. The molecule has 0 saturated carbocycles. The van der Waals surface area contributed by atoms with Crippen LogP contribution in [0.3, 0.4) is 0 Å². The fourth-order valence-corrected chi connectivity index (χ4v) is 4.54. The fourth-order valence-electron chi connectivity index (χ4n) is 3.35. The number of rotatable bonds is 7. The molecule has 174 valence electrons. The van der Waals surface area contributed by atoms with E-state index in [-0.39, 0.29) is 23.4 Å². The van der Waals surface area contributed by atoms with E-state index >= 15 is 0 Å². The SMILES string of the molecule is CCOC(=O)c1cccc(N(C(=O)c2cccc(Cn3nc(C)c(Br)c3C)c2)S(C)(=O)=O)c1. The van der Waals surface area contributed by atoms with Gasteiger partial charge in [-0.1, -0.05) is 18.2 Å². The number of sulfonamides is 1. The molecule has 2 aromatic carbocycles. The van der Waals surface area contributed by atoms with Gasteiger partial charge in [0.25, 0.3) is 5.91 Å². The lowest BCUT2D eigenvalue weighted by Gasteiger charge is -2.21. The van der Waals surface area contributed by atoms with Crippen molar-refractivity contribution in [1.29, 1.82) is 0 Å². The van der Waals surface area contributed by atoms with Crippen molar-refractivity contribution in [3.05, 3.63) is 81.1 Å². The normalized spacial score (nSPS) is 11.3. The summed E-state index contributed by atoms with van der Waals surface area (Å²) in [6.07, 6.45) is 0.944. The second-order valence-electron chi connectivity index (χ2n) is 7.45. The van der Waals surface area contributed by atoms with Crippen molar-refractivity contribution in [2.75, 3.05) is 17.2 Å². The van der Waals surface area contributed by atoms with Crippen LogP contribution in [0.15, 0.2) is 53.0 Å². The number of amides is 1. The molecule has 0 aliphatic heterocycles. The average molecular weight is 534 g/mol. The molecule has 1 amide bonds. The zero-order chi connectivity index (χ0) is 24.3. The van der Waals surface area contributed by atoms with Crippen molar-refractivity contribution >= 4 is 43.5 Å². The Labute approximate surface area is 201 Å². The van der Waals surface area contributed by atoms with E-state index in [1.165, 1.54) is 24.3 Å². The Kier molecular flexibility index (Phi) is 7.38. The van der Waals surface area contributed by atoms with Gasteiger partial charge in [-0.25, -0.2) is 17.5 Å². The molecule has 1 aromatic heterocycles. The van der Waals surface area contributed by atoms with E-state index in [0.29, 0.717) is 10.8 Å². The van der Waals surface area contributed by atoms with Crippen LogP contribution in [0.25, 0.3) is 0 Å². The maximum atomic E-state index is 13.3. The zero-order valence-electron chi connectivity index (χ0n) is 18.7. The van der Waals surface area contributed by atoms with Crippen LogP contribution in [0.1, 0.15) is 44.6 Å². The van der Waals surface area contributed by atoms with Crippen LogP contribution in [0, 0.1) is 13.8 Å². The molecule has 0 aliphatic carbocycles. The van der Waals surface area contributed by atoms with Gasteiger partial charge in [-0.15, -0.1) is 0 Å². The molecule has 0 aliphatic rings. The van der Waals surface area contributed by atoms with Crippen molar-refractivity contribution in [3.63, 3.8) is 0 Å². The van der Waals surface area contributed by atoms with E-state index in [4.69, 9.17) is 4.74 Å². The second kappa shape index (κ2) is 9.88. The number of aromatic nitrogens is 2. The van der Waals surface area contributed by atoms with Gasteiger partial charge in [-0.05, 0) is 72.6 Å². The maximum Gasteiger partial charge on any atom is 0.338 e. The summed E-state index contributed by atoms with van der Waals surface area (Å²) in [5.41, 5.74) is 2.98. The molecule has 0 unspecified atom stereocenters. The van der Waals surface area contributed by atoms with Crippen molar-refractivity contribution in [3.8, 4) is 0 Å². The maximum absolute atomic E-state index is 13.3. The zero-order valence-corrected chi connectivity index (χ0v) is 21.1. The Morgan fingerprint density at radius 1 is 1.09 bits per heavy atom. The molecule has 0 bridgehead atoms. The summed E-state index contributed by atoms with van der Waals surface area (Å²) in [5.74, 6) is -1.33. The highest BCUT2D eigenvalue weighted by Gasteiger charge is 2.27. The Balaban J connectivity index is 1.97. The first-order chi connectivity index (χ1) is 15.5. The molecular formula is C23H24BrN3O5S. The Morgan fingerprint density at radius 2 is 1.76 bits per heavy atom. The lowest BCUT2D eigenvalue weighted by molar-refractivity contribution is 0.0526. The predicted octanol–water partition coefficient (Wildman–Crippen LogP) is 4.09. The van der Waals surface area contributed by atoms with Gasteiger partial charge in [-0.2, -0.15) is 5.10 Å². The molecule has 10 heteroatoms. The van der Waals surface area contributed by atoms with E-state index in [2.05, 4.69) is 21.0 Å². The predicted molar refractivity (Wildman–Crippen MR) is 129 cm³/mol. The summed E-state index contributed by atoms with van der Waals surface area (Å²) in [4.78, 5) is 25.4. The summed E-state index contributed by atoms with van der Waals surface area (Å²) >= 11 is 3.50. The quantitative estimate of drug-likeness (QED) is 0.424. The van der Waals surface area contributed by atoms with Crippen LogP contribution in [-0.2, 0) is 21.3 Å². The lowest BCUT2D eigenvalue weighted by atomic mass is 10.1. The van der Waals surface area contributed by atoms with E-state index in [0.717, 1.165) is 27.7 Å². The summed E-state index contributed by atoms with van der Waals surface area (Å²) in [5, 5.41) is 4.48. The van der Waals surface area contributed by atoms with Gasteiger partial charge < -0.3 is 4.74 Å². The molecule has 0 N–H and O–H groups in total. The first kappa shape index (κ1) is 24.7. The van der Waals surface area contributed by atoms with Crippen LogP contribution in [0.2, 0.25) is 0 Å². The Bertz CT molecular complexity index is 1320. The van der Waals surface area contributed by atoms with Crippen LogP contribution < -0.4 is 4.31 Å². The highest BCUT2D eigenvalue weighted by molar-refractivity contribution is 9.10. The van der Waals surface area contributed by atoms with Crippen molar-refractivity contribution in [1.82, 2.24) is 9.78 Å². The van der Waals surface area contributed by atoms with Gasteiger partial charge in [0.1, 0.15) is 0 Å². The molecule has 8 nitrogen and oxygen atoms in total. The number of hydrogen-bond acceptors (Lipinski definition) is 6. The number of halogens is 1. The Hall–Kier alpha value is -2.98. The van der Waals surface area contributed by atoms with Gasteiger partial charge in [0, 0.05) is 5.56 Å². The lowest BCUT2D eigenvalue weighted by Crippen LogP contribution is -2.36. The van der Waals surface area contributed by atoms with Gasteiger partial charge in [0.05, 0.1) is 46.5 Å². The largest absolute Gasteiger partial charge is 0.462 e. The standard InChI is InChI=1S/C23H24BrN3O5S/c1-5-32-23(29)19-10-7-11-20(13-19)27(33(4,30)31)22(28)18-9-6-8-17(12-18)14-26-16(3)21(24)15(2)25-26/h6-13H,5,14H2,1-4H3.